The Kier molecular flexibility index (Phi) is 6.37. The van der Waals surface area contributed by atoms with Crippen molar-refractivity contribution < 1.29 is 18.4 Å². The van der Waals surface area contributed by atoms with E-state index in [9.17, 15) is 13.5 Å². The van der Waals surface area contributed by atoms with E-state index in [0.717, 1.165) is 23.9 Å². The Hall–Kier alpha value is -2.41. The van der Waals surface area contributed by atoms with Crippen molar-refractivity contribution in [2.45, 2.75) is 30.3 Å². The van der Waals surface area contributed by atoms with Crippen molar-refractivity contribution in [2.24, 2.45) is 0 Å². The van der Waals surface area contributed by atoms with Gasteiger partial charge in [-0.2, -0.15) is 0 Å². The van der Waals surface area contributed by atoms with Gasteiger partial charge in [0.2, 0.25) is 0 Å². The Morgan fingerprint density at radius 3 is 2.27 bits per heavy atom. The molecule has 0 unspecified atom stereocenters. The van der Waals surface area contributed by atoms with Gasteiger partial charge in [-0.05, 0) is 54.3 Å². The van der Waals surface area contributed by atoms with E-state index in [1.54, 1.807) is 24.3 Å². The third-order valence-electron chi connectivity index (χ3n) is 5.81. The van der Waals surface area contributed by atoms with E-state index in [-0.39, 0.29) is 11.4 Å². The normalized spacial score (nSPS) is 16.4. The molecule has 0 amide bonds. The van der Waals surface area contributed by atoms with Crippen LogP contribution in [0.4, 0.5) is 5.69 Å². The zero-order valence-corrected chi connectivity index (χ0v) is 17.9. The maximum absolute atomic E-state index is 13.6. The number of piperidine rings is 1. The fourth-order valence-corrected chi connectivity index (χ4v) is 5.77. The van der Waals surface area contributed by atoms with Crippen LogP contribution in [0, 0.1) is 0 Å². The van der Waals surface area contributed by atoms with Crippen LogP contribution in [-0.2, 0) is 10.0 Å². The first kappa shape index (κ1) is 20.8. The van der Waals surface area contributed by atoms with Gasteiger partial charge in [0.1, 0.15) is 12.6 Å². The second kappa shape index (κ2) is 9.16. The van der Waals surface area contributed by atoms with Crippen LogP contribution >= 0.6 is 0 Å². The van der Waals surface area contributed by atoms with Crippen molar-refractivity contribution in [3.05, 3.63) is 72.8 Å². The van der Waals surface area contributed by atoms with Crippen LogP contribution in [0.15, 0.2) is 77.7 Å². The van der Waals surface area contributed by atoms with Crippen LogP contribution in [0.5, 0.6) is 0 Å². The molecule has 158 valence electrons. The fourth-order valence-electron chi connectivity index (χ4n) is 4.24. The minimum Gasteiger partial charge on any atom is -0.385 e. The van der Waals surface area contributed by atoms with Gasteiger partial charge in [0, 0.05) is 0 Å². The van der Waals surface area contributed by atoms with Crippen LogP contribution in [0.2, 0.25) is 0 Å². The van der Waals surface area contributed by atoms with Crippen molar-refractivity contribution in [3.8, 4) is 0 Å². The van der Waals surface area contributed by atoms with Crippen LogP contribution in [0.1, 0.15) is 19.3 Å². The second-order valence-electron chi connectivity index (χ2n) is 8.05. The SMILES string of the molecule is O=S(=O)(c1ccc2ccccc2c1)N(C[C@H](O)C[NH+]1CCCCC1)c1ccccc1. The lowest BCUT2D eigenvalue weighted by molar-refractivity contribution is -0.907. The van der Waals surface area contributed by atoms with E-state index in [2.05, 4.69) is 0 Å². The molecule has 5 nitrogen and oxygen atoms in total. The summed E-state index contributed by atoms with van der Waals surface area (Å²) in [6.07, 6.45) is 2.85. The van der Waals surface area contributed by atoms with Gasteiger partial charge in [-0.25, -0.2) is 8.42 Å². The fraction of sp³-hybridized carbons (Fsp3) is 0.333. The molecule has 0 aromatic heterocycles. The topological polar surface area (TPSA) is 62.0 Å². The molecule has 1 aliphatic rings. The smallest absolute Gasteiger partial charge is 0.264 e. The molecule has 1 saturated heterocycles. The highest BCUT2D eigenvalue weighted by Crippen LogP contribution is 2.26. The average Bonchev–Trinajstić information content (AvgIpc) is 2.78. The average molecular weight is 426 g/mol. The number of rotatable bonds is 7. The Balaban J connectivity index is 1.64. The maximum atomic E-state index is 13.6. The maximum Gasteiger partial charge on any atom is 0.264 e. The first-order chi connectivity index (χ1) is 14.5. The monoisotopic (exact) mass is 425 g/mol. The first-order valence-corrected chi connectivity index (χ1v) is 12.1. The third kappa shape index (κ3) is 4.67. The second-order valence-corrected chi connectivity index (χ2v) is 9.91. The molecular weight excluding hydrogens is 396 g/mol. The van der Waals surface area contributed by atoms with E-state index in [4.69, 9.17) is 0 Å². The molecular formula is C24H29N2O3S+. The quantitative estimate of drug-likeness (QED) is 0.611. The molecule has 0 spiro atoms. The van der Waals surface area contributed by atoms with Crippen LogP contribution in [0.3, 0.4) is 0 Å². The molecule has 4 rings (SSSR count). The number of hydrogen-bond donors (Lipinski definition) is 2. The highest BCUT2D eigenvalue weighted by molar-refractivity contribution is 7.92. The van der Waals surface area contributed by atoms with Crippen molar-refractivity contribution in [1.82, 2.24) is 0 Å². The molecule has 0 radical (unpaired) electrons. The number of benzene rings is 3. The summed E-state index contributed by atoms with van der Waals surface area (Å²) in [6.45, 7) is 2.69. The largest absolute Gasteiger partial charge is 0.385 e. The Morgan fingerprint density at radius 2 is 1.53 bits per heavy atom. The summed E-state index contributed by atoms with van der Waals surface area (Å²) < 4.78 is 28.6. The number of nitrogens with one attached hydrogen (secondary N) is 1. The van der Waals surface area contributed by atoms with E-state index in [1.807, 2.05) is 48.5 Å². The van der Waals surface area contributed by atoms with E-state index in [0.29, 0.717) is 12.2 Å². The number of quaternary nitrogens is 1. The van der Waals surface area contributed by atoms with Crippen molar-refractivity contribution in [2.75, 3.05) is 30.5 Å². The zero-order valence-electron chi connectivity index (χ0n) is 17.1. The van der Waals surface area contributed by atoms with Gasteiger partial charge in [0.15, 0.2) is 0 Å². The number of aliphatic hydroxyl groups is 1. The predicted octanol–water partition coefficient (Wildman–Crippen LogP) is 2.46. The number of hydrogen-bond acceptors (Lipinski definition) is 3. The third-order valence-corrected chi connectivity index (χ3v) is 7.60. The van der Waals surface area contributed by atoms with Gasteiger partial charge in [-0.3, -0.25) is 4.31 Å². The van der Waals surface area contributed by atoms with Crippen LogP contribution < -0.4 is 9.21 Å². The summed E-state index contributed by atoms with van der Waals surface area (Å²) in [5, 5.41) is 12.7. The molecule has 1 aliphatic heterocycles. The van der Waals surface area contributed by atoms with E-state index >= 15 is 0 Å². The Morgan fingerprint density at radius 1 is 0.867 bits per heavy atom. The standard InChI is InChI=1S/C24H28N2O3S/c27-23(18-25-15-7-2-8-16-25)19-26(22-11-3-1-4-12-22)30(28,29)24-14-13-20-9-5-6-10-21(20)17-24/h1,3-6,9-14,17,23,27H,2,7-8,15-16,18-19H2/p+1/t23-/m1/s1. The summed E-state index contributed by atoms with van der Waals surface area (Å²) in [5.41, 5.74) is 0.568. The first-order valence-electron chi connectivity index (χ1n) is 10.6. The van der Waals surface area contributed by atoms with Gasteiger partial charge in [-0.1, -0.05) is 48.5 Å². The number of likely N-dealkylation sites (tertiary alicyclic amines) is 1. The molecule has 3 aromatic carbocycles. The van der Waals surface area contributed by atoms with Crippen molar-refractivity contribution in [1.29, 1.82) is 0 Å². The molecule has 1 fully saturated rings. The lowest BCUT2D eigenvalue weighted by Crippen LogP contribution is -3.14. The molecule has 1 heterocycles. The Labute approximate surface area is 178 Å². The number of para-hydroxylation sites is 1. The van der Waals surface area contributed by atoms with Gasteiger partial charge >= 0.3 is 0 Å². The van der Waals surface area contributed by atoms with E-state index < -0.39 is 16.1 Å². The highest BCUT2D eigenvalue weighted by atomic mass is 32.2. The summed E-state index contributed by atoms with van der Waals surface area (Å²) in [7, 11) is -3.82. The molecule has 0 aliphatic carbocycles. The summed E-state index contributed by atoms with van der Waals surface area (Å²) >= 11 is 0. The van der Waals surface area contributed by atoms with Crippen molar-refractivity contribution >= 4 is 26.5 Å². The van der Waals surface area contributed by atoms with Gasteiger partial charge in [0.05, 0.1) is 30.2 Å². The molecule has 30 heavy (non-hydrogen) atoms. The molecule has 0 saturated carbocycles. The number of fused-ring (bicyclic) bond motifs is 1. The molecule has 1 atom stereocenters. The van der Waals surface area contributed by atoms with Gasteiger partial charge in [0.25, 0.3) is 10.0 Å². The number of anilines is 1. The number of nitrogens with zero attached hydrogens (tertiary/aromatic N) is 1. The molecule has 0 bridgehead atoms. The Bertz CT molecular complexity index is 1080. The predicted molar refractivity (Wildman–Crippen MR) is 120 cm³/mol. The lowest BCUT2D eigenvalue weighted by atomic mass is 10.1. The lowest BCUT2D eigenvalue weighted by Gasteiger charge is -2.30. The highest BCUT2D eigenvalue weighted by Gasteiger charge is 2.29. The molecule has 2 N–H and O–H groups in total. The van der Waals surface area contributed by atoms with E-state index in [1.165, 1.54) is 28.5 Å². The van der Waals surface area contributed by atoms with Gasteiger partial charge in [-0.15, -0.1) is 0 Å². The number of aliphatic hydroxyl groups excluding tert-OH is 1. The summed E-state index contributed by atoms with van der Waals surface area (Å²) in [5.74, 6) is 0. The minimum atomic E-state index is -3.82. The summed E-state index contributed by atoms with van der Waals surface area (Å²) in [6, 6.07) is 22.0. The number of sulfonamides is 1. The van der Waals surface area contributed by atoms with Crippen molar-refractivity contribution in [3.63, 3.8) is 0 Å². The zero-order chi connectivity index (χ0) is 21.0. The summed E-state index contributed by atoms with van der Waals surface area (Å²) in [4.78, 5) is 1.59. The molecule has 6 heteroatoms. The minimum absolute atomic E-state index is 0.0443. The van der Waals surface area contributed by atoms with Crippen LogP contribution in [-0.4, -0.2) is 45.8 Å². The van der Waals surface area contributed by atoms with Gasteiger partial charge < -0.3 is 10.0 Å². The molecule has 3 aromatic rings. The van der Waals surface area contributed by atoms with Crippen LogP contribution in [0.25, 0.3) is 10.8 Å².